The van der Waals surface area contributed by atoms with Crippen LogP contribution >= 0.6 is 31.9 Å². The van der Waals surface area contributed by atoms with Crippen molar-refractivity contribution < 1.29 is 0 Å². The fourth-order valence-electron chi connectivity index (χ4n) is 3.06. The molecule has 2 aromatic heterocycles. The number of hydrogen-bond acceptors (Lipinski definition) is 6. The van der Waals surface area contributed by atoms with Gasteiger partial charge in [0.15, 0.2) is 10.4 Å². The first-order valence-corrected chi connectivity index (χ1v) is 9.98. The Labute approximate surface area is 167 Å². The van der Waals surface area contributed by atoms with Crippen molar-refractivity contribution in [2.45, 2.75) is 37.9 Å². The molecule has 0 amide bonds. The van der Waals surface area contributed by atoms with Gasteiger partial charge in [-0.15, -0.1) is 10.2 Å². The third kappa shape index (κ3) is 3.33. The number of benzene rings is 1. The second kappa shape index (κ2) is 7.16. The molecule has 26 heavy (non-hydrogen) atoms. The van der Waals surface area contributed by atoms with Crippen molar-refractivity contribution in [1.82, 2.24) is 40.5 Å². The highest BCUT2D eigenvalue weighted by Gasteiger charge is 2.34. The van der Waals surface area contributed by atoms with E-state index in [2.05, 4.69) is 76.0 Å². The van der Waals surface area contributed by atoms with Gasteiger partial charge in [-0.2, -0.15) is 0 Å². The molecule has 8 nitrogen and oxygen atoms in total. The van der Waals surface area contributed by atoms with E-state index in [0.29, 0.717) is 10.6 Å². The van der Waals surface area contributed by atoms with Crippen LogP contribution in [0.15, 0.2) is 33.3 Å². The second-order valence-electron chi connectivity index (χ2n) is 6.44. The van der Waals surface area contributed by atoms with Crippen molar-refractivity contribution in [3.05, 3.63) is 50.4 Å². The van der Waals surface area contributed by atoms with E-state index in [0.717, 1.165) is 34.4 Å². The molecule has 3 aromatic rings. The van der Waals surface area contributed by atoms with Crippen molar-refractivity contribution in [1.29, 1.82) is 0 Å². The lowest BCUT2D eigenvalue weighted by Crippen LogP contribution is -2.30. The maximum atomic E-state index is 4.32. The van der Waals surface area contributed by atoms with E-state index in [1.807, 2.05) is 29.9 Å². The summed E-state index contributed by atoms with van der Waals surface area (Å²) in [5, 5.41) is 24.4. The summed E-state index contributed by atoms with van der Waals surface area (Å²) in [6, 6.07) is 8.36. The lowest BCUT2D eigenvalue weighted by Gasteiger charge is -2.24. The summed E-state index contributed by atoms with van der Waals surface area (Å²) in [4.78, 5) is 0. The summed E-state index contributed by atoms with van der Waals surface area (Å²) >= 11 is 7.16. The van der Waals surface area contributed by atoms with Gasteiger partial charge in [-0.05, 0) is 57.8 Å². The average Bonchev–Trinajstić information content (AvgIpc) is 3.26. The van der Waals surface area contributed by atoms with E-state index in [9.17, 15) is 0 Å². The molecule has 10 heteroatoms. The molecular weight excluding hydrogens is 464 g/mol. The number of nitrogens with zero attached hydrogens (tertiary/aromatic N) is 7. The van der Waals surface area contributed by atoms with E-state index in [1.165, 1.54) is 0 Å². The maximum Gasteiger partial charge on any atom is 0.174 e. The molecule has 2 atom stereocenters. The van der Waals surface area contributed by atoms with Gasteiger partial charge in [0.1, 0.15) is 6.04 Å². The van der Waals surface area contributed by atoms with Gasteiger partial charge in [-0.1, -0.05) is 39.3 Å². The van der Waals surface area contributed by atoms with Crippen LogP contribution in [0, 0.1) is 0 Å². The molecule has 1 aliphatic rings. The van der Waals surface area contributed by atoms with Crippen LogP contribution in [0.5, 0.6) is 0 Å². The fraction of sp³-hybridized carbons (Fsp3) is 0.438. The summed E-state index contributed by atoms with van der Waals surface area (Å²) in [5.74, 6) is 0.775. The van der Waals surface area contributed by atoms with Gasteiger partial charge in [-0.25, -0.2) is 9.36 Å². The minimum absolute atomic E-state index is 0.0572. The van der Waals surface area contributed by atoms with Crippen LogP contribution in [0.25, 0.3) is 0 Å². The standard InChI is InChI=1S/C16H18Br2N8/c1-9(11-5-3-4-6-12(11)17)19-13(14-15(18)20-23-25(14)2)16-21-22-24-26(16)10-7-8-10/h3-6,9-10,13,19H,7-8H2,1-2H3/t9-,13?/m0/s1. The zero-order chi connectivity index (χ0) is 18.3. The molecule has 0 saturated heterocycles. The Bertz CT molecular complexity index is 897. The number of aryl methyl sites for hydroxylation is 1. The van der Waals surface area contributed by atoms with Crippen molar-refractivity contribution in [2.75, 3.05) is 0 Å². The molecule has 1 saturated carbocycles. The predicted octanol–water partition coefficient (Wildman–Crippen LogP) is 3.10. The van der Waals surface area contributed by atoms with Gasteiger partial charge in [0.05, 0.1) is 11.7 Å². The van der Waals surface area contributed by atoms with E-state index in [-0.39, 0.29) is 12.1 Å². The third-order valence-corrected chi connectivity index (χ3v) is 5.84. The van der Waals surface area contributed by atoms with E-state index in [4.69, 9.17) is 0 Å². The minimum Gasteiger partial charge on any atom is -0.296 e. The molecular formula is C16H18Br2N8. The Morgan fingerprint density at radius 2 is 1.92 bits per heavy atom. The monoisotopic (exact) mass is 480 g/mol. The van der Waals surface area contributed by atoms with Gasteiger partial charge >= 0.3 is 0 Å². The summed E-state index contributed by atoms with van der Waals surface area (Å²) in [6.07, 6.45) is 2.21. The largest absolute Gasteiger partial charge is 0.296 e. The summed E-state index contributed by atoms with van der Waals surface area (Å²) in [5.41, 5.74) is 2.05. The molecule has 2 heterocycles. The van der Waals surface area contributed by atoms with Crippen molar-refractivity contribution in [3.63, 3.8) is 0 Å². The number of halogens is 2. The van der Waals surface area contributed by atoms with Crippen LogP contribution in [0.1, 0.15) is 55.0 Å². The highest BCUT2D eigenvalue weighted by Crippen LogP contribution is 2.38. The molecule has 0 aliphatic heterocycles. The molecule has 1 aliphatic carbocycles. The molecule has 0 bridgehead atoms. The number of nitrogens with one attached hydrogen (secondary N) is 1. The van der Waals surface area contributed by atoms with Crippen LogP contribution in [-0.2, 0) is 7.05 Å². The zero-order valence-corrected chi connectivity index (χ0v) is 17.5. The van der Waals surface area contributed by atoms with Crippen LogP contribution in [-0.4, -0.2) is 35.2 Å². The van der Waals surface area contributed by atoms with Gasteiger partial charge < -0.3 is 0 Å². The van der Waals surface area contributed by atoms with Gasteiger partial charge in [-0.3, -0.25) is 5.32 Å². The third-order valence-electron chi connectivity index (χ3n) is 4.56. The molecule has 4 rings (SSSR count). The lowest BCUT2D eigenvalue weighted by atomic mass is 10.1. The number of rotatable bonds is 6. The topological polar surface area (TPSA) is 86.3 Å². The predicted molar refractivity (Wildman–Crippen MR) is 102 cm³/mol. The summed E-state index contributed by atoms with van der Waals surface area (Å²) < 4.78 is 5.41. The quantitative estimate of drug-likeness (QED) is 0.582. The van der Waals surface area contributed by atoms with Crippen molar-refractivity contribution in [3.8, 4) is 0 Å². The van der Waals surface area contributed by atoms with Gasteiger partial charge in [0.25, 0.3) is 0 Å². The first-order valence-electron chi connectivity index (χ1n) is 8.39. The fourth-order valence-corrected chi connectivity index (χ4v) is 4.24. The van der Waals surface area contributed by atoms with Crippen LogP contribution in [0.2, 0.25) is 0 Å². The Morgan fingerprint density at radius 3 is 2.58 bits per heavy atom. The highest BCUT2D eigenvalue weighted by atomic mass is 79.9. The molecule has 1 fully saturated rings. The zero-order valence-electron chi connectivity index (χ0n) is 14.3. The second-order valence-corrected chi connectivity index (χ2v) is 8.05. The van der Waals surface area contributed by atoms with Crippen molar-refractivity contribution >= 4 is 31.9 Å². The smallest absolute Gasteiger partial charge is 0.174 e. The number of hydrogen-bond donors (Lipinski definition) is 1. The molecule has 1 unspecified atom stereocenters. The first-order chi connectivity index (χ1) is 12.6. The number of tetrazole rings is 1. The first kappa shape index (κ1) is 17.7. The Morgan fingerprint density at radius 1 is 1.15 bits per heavy atom. The molecule has 1 N–H and O–H groups in total. The van der Waals surface area contributed by atoms with Crippen LogP contribution in [0.3, 0.4) is 0 Å². The summed E-state index contributed by atoms with van der Waals surface area (Å²) in [6.45, 7) is 2.12. The molecule has 1 aromatic carbocycles. The van der Waals surface area contributed by atoms with E-state index < -0.39 is 0 Å². The van der Waals surface area contributed by atoms with E-state index in [1.54, 1.807) is 4.68 Å². The molecule has 0 radical (unpaired) electrons. The SMILES string of the molecule is C[C@H](NC(c1c(Br)nnn1C)c1nnnn1C1CC1)c1ccccc1Br. The minimum atomic E-state index is -0.248. The Kier molecular flexibility index (Phi) is 4.89. The summed E-state index contributed by atoms with van der Waals surface area (Å²) in [7, 11) is 1.87. The van der Waals surface area contributed by atoms with Gasteiger partial charge in [0.2, 0.25) is 0 Å². The average molecular weight is 482 g/mol. The van der Waals surface area contributed by atoms with E-state index >= 15 is 0 Å². The molecule has 136 valence electrons. The normalized spacial score (nSPS) is 16.6. The lowest BCUT2D eigenvalue weighted by molar-refractivity contribution is 0.445. The van der Waals surface area contributed by atoms with Crippen molar-refractivity contribution in [2.24, 2.45) is 7.05 Å². The molecule has 0 spiro atoms. The van der Waals surface area contributed by atoms with Crippen LogP contribution < -0.4 is 5.32 Å². The van der Waals surface area contributed by atoms with Gasteiger partial charge in [0, 0.05) is 17.6 Å². The number of aromatic nitrogens is 7. The Hall–Kier alpha value is -1.65. The highest BCUT2D eigenvalue weighted by molar-refractivity contribution is 9.10. The Balaban J connectivity index is 1.74. The van der Waals surface area contributed by atoms with Crippen LogP contribution in [0.4, 0.5) is 0 Å². The maximum absolute atomic E-state index is 4.32.